The van der Waals surface area contributed by atoms with Crippen molar-refractivity contribution in [2.75, 3.05) is 13.1 Å². The van der Waals surface area contributed by atoms with Gasteiger partial charge in [0.2, 0.25) is 5.91 Å². The van der Waals surface area contributed by atoms with Gasteiger partial charge in [-0.05, 0) is 53.4 Å². The van der Waals surface area contributed by atoms with Crippen LogP contribution in [-0.4, -0.2) is 42.4 Å². The van der Waals surface area contributed by atoms with Crippen molar-refractivity contribution < 1.29 is 27.9 Å². The Morgan fingerprint density at radius 3 is 2.62 bits per heavy atom. The van der Waals surface area contributed by atoms with E-state index in [1.54, 1.807) is 30.5 Å². The minimum Gasteiger partial charge on any atom is -0.435 e. The summed E-state index contributed by atoms with van der Waals surface area (Å²) in [4.78, 5) is 37.9. The van der Waals surface area contributed by atoms with Crippen LogP contribution in [0.15, 0.2) is 41.1 Å². The van der Waals surface area contributed by atoms with Gasteiger partial charge in [-0.3, -0.25) is 14.5 Å². The first-order valence-corrected chi connectivity index (χ1v) is 9.71. The normalized spacial score (nSPS) is 18.8. The molecule has 1 atom stereocenters. The second-order valence-electron chi connectivity index (χ2n) is 6.58. The molecule has 1 aromatic heterocycles. The molecule has 2 heterocycles. The molecule has 0 saturated carbocycles. The van der Waals surface area contributed by atoms with Gasteiger partial charge in [-0.25, -0.2) is 4.79 Å². The van der Waals surface area contributed by atoms with Crippen LogP contribution in [0, 0.1) is 0 Å². The minimum atomic E-state index is -2.88. The van der Waals surface area contributed by atoms with Crippen LogP contribution < -0.4 is 15.4 Å². The van der Waals surface area contributed by atoms with E-state index >= 15 is 0 Å². The lowest BCUT2D eigenvalue weighted by molar-refractivity contribution is -0.134. The molecule has 1 aliphatic heterocycles. The lowest BCUT2D eigenvalue weighted by Crippen LogP contribution is -2.43. The van der Waals surface area contributed by atoms with Crippen molar-refractivity contribution in [1.82, 2.24) is 15.5 Å². The maximum Gasteiger partial charge on any atom is 0.387 e. The van der Waals surface area contributed by atoms with Gasteiger partial charge in [0.15, 0.2) is 0 Å². The standard InChI is InChI=1S/C19H19F2N3O4S/c1-19(13-7-9-29-11-13)16(26)24(18(27)23-19)10-15(25)22-8-6-12-2-4-14(5-3-12)28-17(20)21/h2-5,7,9,11,17H,6,8,10H2,1H3,(H,22,25)(H,23,27). The van der Waals surface area contributed by atoms with Crippen LogP contribution in [-0.2, 0) is 21.5 Å². The second-order valence-corrected chi connectivity index (χ2v) is 7.36. The predicted octanol–water partition coefficient (Wildman–Crippen LogP) is 2.48. The van der Waals surface area contributed by atoms with Crippen molar-refractivity contribution in [3.8, 4) is 5.75 Å². The fourth-order valence-electron chi connectivity index (χ4n) is 2.97. The number of imide groups is 1. The highest BCUT2D eigenvalue weighted by atomic mass is 32.1. The number of carbonyl (C=O) groups is 3. The third-order valence-corrected chi connectivity index (χ3v) is 5.24. The van der Waals surface area contributed by atoms with E-state index in [2.05, 4.69) is 15.4 Å². The van der Waals surface area contributed by atoms with E-state index in [1.165, 1.54) is 23.5 Å². The number of amides is 4. The summed E-state index contributed by atoms with van der Waals surface area (Å²) in [5, 5.41) is 8.87. The largest absolute Gasteiger partial charge is 0.435 e. The van der Waals surface area contributed by atoms with Gasteiger partial charge in [0, 0.05) is 6.54 Å². The molecule has 1 unspecified atom stereocenters. The van der Waals surface area contributed by atoms with Crippen LogP contribution in [0.3, 0.4) is 0 Å². The molecule has 4 amide bonds. The summed E-state index contributed by atoms with van der Waals surface area (Å²) >= 11 is 1.41. The number of benzene rings is 1. The van der Waals surface area contributed by atoms with E-state index in [1.807, 2.05) is 5.38 Å². The summed E-state index contributed by atoms with van der Waals surface area (Å²) < 4.78 is 28.5. The molecule has 1 aliphatic rings. The molecule has 2 N–H and O–H groups in total. The summed E-state index contributed by atoms with van der Waals surface area (Å²) in [6.07, 6.45) is 0.452. The number of nitrogens with one attached hydrogen (secondary N) is 2. The first kappa shape index (κ1) is 20.7. The maximum absolute atomic E-state index is 12.7. The Bertz CT molecular complexity index is 889. The van der Waals surface area contributed by atoms with E-state index in [9.17, 15) is 23.2 Å². The van der Waals surface area contributed by atoms with Gasteiger partial charge >= 0.3 is 12.6 Å². The fourth-order valence-corrected chi connectivity index (χ4v) is 3.73. The second kappa shape index (κ2) is 8.56. The fraction of sp³-hybridized carbons (Fsp3) is 0.316. The highest BCUT2D eigenvalue weighted by Gasteiger charge is 2.49. The van der Waals surface area contributed by atoms with Gasteiger partial charge in [-0.15, -0.1) is 0 Å². The van der Waals surface area contributed by atoms with Crippen LogP contribution in [0.5, 0.6) is 5.75 Å². The van der Waals surface area contributed by atoms with Crippen molar-refractivity contribution in [3.63, 3.8) is 0 Å². The summed E-state index contributed by atoms with van der Waals surface area (Å²) in [5.74, 6) is -0.897. The number of ether oxygens (including phenoxy) is 1. The monoisotopic (exact) mass is 423 g/mol. The molecule has 1 fully saturated rings. The highest BCUT2D eigenvalue weighted by Crippen LogP contribution is 2.30. The number of nitrogens with zero attached hydrogens (tertiary/aromatic N) is 1. The smallest absolute Gasteiger partial charge is 0.387 e. The zero-order valence-corrected chi connectivity index (χ0v) is 16.3. The summed E-state index contributed by atoms with van der Waals surface area (Å²) in [7, 11) is 0. The average Bonchev–Trinajstić information content (AvgIpc) is 3.27. The quantitative estimate of drug-likeness (QED) is 0.639. The number of thiophene rings is 1. The van der Waals surface area contributed by atoms with Gasteiger partial charge in [-0.1, -0.05) is 12.1 Å². The van der Waals surface area contributed by atoms with Crippen molar-refractivity contribution in [1.29, 1.82) is 0 Å². The van der Waals surface area contributed by atoms with Crippen molar-refractivity contribution in [2.24, 2.45) is 0 Å². The lowest BCUT2D eigenvalue weighted by Gasteiger charge is -2.20. The zero-order chi connectivity index (χ0) is 21.0. The van der Waals surface area contributed by atoms with E-state index in [-0.39, 0.29) is 18.8 Å². The zero-order valence-electron chi connectivity index (χ0n) is 15.5. The van der Waals surface area contributed by atoms with Gasteiger partial charge in [0.1, 0.15) is 17.8 Å². The number of hydrogen-bond donors (Lipinski definition) is 2. The molecule has 2 aromatic rings. The Hall–Kier alpha value is -3.01. The van der Waals surface area contributed by atoms with Crippen LogP contribution >= 0.6 is 11.3 Å². The van der Waals surface area contributed by atoms with Crippen LogP contribution in [0.4, 0.5) is 13.6 Å². The van der Waals surface area contributed by atoms with Crippen molar-refractivity contribution >= 4 is 29.2 Å². The summed E-state index contributed by atoms with van der Waals surface area (Å²) in [6, 6.07) is 7.21. The van der Waals surface area contributed by atoms with E-state index in [0.717, 1.165) is 10.5 Å². The topological polar surface area (TPSA) is 87.7 Å². The Morgan fingerprint density at radius 2 is 2.00 bits per heavy atom. The molecule has 10 heteroatoms. The molecule has 0 aliphatic carbocycles. The van der Waals surface area contributed by atoms with Gasteiger partial charge in [-0.2, -0.15) is 20.1 Å². The molecular weight excluding hydrogens is 404 g/mol. The number of hydrogen-bond acceptors (Lipinski definition) is 5. The molecule has 0 radical (unpaired) electrons. The van der Waals surface area contributed by atoms with Crippen LogP contribution in [0.1, 0.15) is 18.1 Å². The molecule has 1 aromatic carbocycles. The Labute approximate surface area is 169 Å². The molecule has 29 heavy (non-hydrogen) atoms. The number of rotatable bonds is 8. The Balaban J connectivity index is 1.49. The number of urea groups is 1. The lowest BCUT2D eigenvalue weighted by atomic mass is 9.95. The first-order chi connectivity index (χ1) is 13.8. The third-order valence-electron chi connectivity index (χ3n) is 4.56. The minimum absolute atomic E-state index is 0.0556. The molecule has 7 nitrogen and oxygen atoms in total. The number of carbonyl (C=O) groups excluding carboxylic acids is 3. The van der Waals surface area contributed by atoms with E-state index < -0.39 is 30.0 Å². The third kappa shape index (κ3) is 4.70. The maximum atomic E-state index is 12.7. The van der Waals surface area contributed by atoms with Crippen molar-refractivity contribution in [3.05, 3.63) is 52.2 Å². The van der Waals surface area contributed by atoms with Gasteiger partial charge in [0.05, 0.1) is 0 Å². The number of alkyl halides is 2. The average molecular weight is 423 g/mol. The molecule has 3 rings (SSSR count). The SMILES string of the molecule is CC1(c2ccsc2)NC(=O)N(CC(=O)NCCc2ccc(OC(F)F)cc2)C1=O. The Kier molecular flexibility index (Phi) is 6.12. The Morgan fingerprint density at radius 1 is 1.28 bits per heavy atom. The van der Waals surface area contributed by atoms with E-state index in [4.69, 9.17) is 0 Å². The molecule has 0 bridgehead atoms. The van der Waals surface area contributed by atoms with Crippen molar-refractivity contribution in [2.45, 2.75) is 25.5 Å². The van der Waals surface area contributed by atoms with Gasteiger partial charge in [0.25, 0.3) is 5.91 Å². The van der Waals surface area contributed by atoms with Gasteiger partial charge < -0.3 is 15.4 Å². The first-order valence-electron chi connectivity index (χ1n) is 8.77. The molecular formula is C19H19F2N3O4S. The number of halogens is 2. The predicted molar refractivity (Wildman–Crippen MR) is 102 cm³/mol. The van der Waals surface area contributed by atoms with Crippen LogP contribution in [0.2, 0.25) is 0 Å². The van der Waals surface area contributed by atoms with Crippen LogP contribution in [0.25, 0.3) is 0 Å². The molecule has 1 saturated heterocycles. The molecule has 154 valence electrons. The summed E-state index contributed by atoms with van der Waals surface area (Å²) in [6.45, 7) is -1.40. The molecule has 0 spiro atoms. The summed E-state index contributed by atoms with van der Waals surface area (Å²) in [5.41, 5.74) is 0.300. The van der Waals surface area contributed by atoms with E-state index in [0.29, 0.717) is 12.0 Å². The highest BCUT2D eigenvalue weighted by molar-refractivity contribution is 7.08.